The maximum absolute atomic E-state index is 9.23. The second-order valence-corrected chi connectivity index (χ2v) is 5.00. The topological polar surface area (TPSA) is 58.3 Å². The van der Waals surface area contributed by atoms with Crippen LogP contribution < -0.4 is 5.32 Å². The Balaban J connectivity index is 1.62. The van der Waals surface area contributed by atoms with Gasteiger partial charge in [0.25, 0.3) is 0 Å². The number of hydrogen-bond acceptors (Lipinski definition) is 4. The molecular weight excluding hydrogens is 240 g/mol. The summed E-state index contributed by atoms with van der Waals surface area (Å²) in [6, 6.07) is 10.8. The second kappa shape index (κ2) is 5.55. The van der Waals surface area contributed by atoms with Gasteiger partial charge < -0.3 is 14.9 Å². The molecule has 1 unspecified atom stereocenters. The molecule has 0 saturated carbocycles. The van der Waals surface area contributed by atoms with E-state index >= 15 is 0 Å². The van der Waals surface area contributed by atoms with Crippen molar-refractivity contribution >= 4 is 0 Å². The normalized spacial score (nSPS) is 18.3. The molecule has 19 heavy (non-hydrogen) atoms. The summed E-state index contributed by atoms with van der Waals surface area (Å²) in [6.45, 7) is 0.838. The number of benzene rings is 1. The molecule has 4 nitrogen and oxygen atoms in total. The Morgan fingerprint density at radius 1 is 1.32 bits per heavy atom. The van der Waals surface area contributed by atoms with Crippen molar-refractivity contribution in [1.29, 1.82) is 0 Å². The number of hydrogen-bond donors (Lipinski definition) is 2. The molecule has 100 valence electrons. The Morgan fingerprint density at radius 2 is 2.16 bits per heavy atom. The van der Waals surface area contributed by atoms with Gasteiger partial charge in [0, 0.05) is 24.6 Å². The number of aliphatic hydroxyl groups is 1. The number of aryl methyl sites for hydroxylation is 1. The summed E-state index contributed by atoms with van der Waals surface area (Å²) in [5.41, 5.74) is 3.08. The smallest absolute Gasteiger partial charge is 0.140 e. The molecule has 0 saturated heterocycles. The Hall–Kier alpha value is -1.65. The lowest BCUT2D eigenvalue weighted by molar-refractivity contribution is 0.265. The van der Waals surface area contributed by atoms with Crippen LogP contribution >= 0.6 is 0 Å². The van der Waals surface area contributed by atoms with Crippen LogP contribution in [0.1, 0.15) is 29.0 Å². The summed E-state index contributed by atoms with van der Waals surface area (Å²) in [6.07, 6.45) is 2.84. The predicted octanol–water partition coefficient (Wildman–Crippen LogP) is 1.81. The highest BCUT2D eigenvalue weighted by Crippen LogP contribution is 2.24. The molecule has 0 fully saturated rings. The first-order valence-corrected chi connectivity index (χ1v) is 6.71. The van der Waals surface area contributed by atoms with Gasteiger partial charge in [-0.2, -0.15) is 0 Å². The molecule has 1 heterocycles. The van der Waals surface area contributed by atoms with E-state index in [-0.39, 0.29) is 6.61 Å². The number of nitrogens with one attached hydrogen (secondary N) is 1. The van der Waals surface area contributed by atoms with Gasteiger partial charge in [-0.3, -0.25) is 0 Å². The molecule has 0 amide bonds. The zero-order chi connectivity index (χ0) is 13.1. The van der Waals surface area contributed by atoms with E-state index in [1.165, 1.54) is 5.56 Å². The second-order valence-electron chi connectivity index (χ2n) is 5.00. The van der Waals surface area contributed by atoms with Gasteiger partial charge in [0.1, 0.15) is 11.5 Å². The Morgan fingerprint density at radius 3 is 2.95 bits per heavy atom. The van der Waals surface area contributed by atoms with Crippen molar-refractivity contribution in [3.05, 3.63) is 52.9 Å². The zero-order valence-electron chi connectivity index (χ0n) is 10.8. The monoisotopic (exact) mass is 258 g/mol. The first kappa shape index (κ1) is 12.4. The highest BCUT2D eigenvalue weighted by molar-refractivity contribution is 5.26. The fourth-order valence-electron chi connectivity index (χ4n) is 2.62. The van der Waals surface area contributed by atoms with Crippen LogP contribution in [-0.2, 0) is 26.0 Å². The minimum absolute atomic E-state index is 0.0375. The maximum Gasteiger partial charge on any atom is 0.140 e. The van der Waals surface area contributed by atoms with Crippen molar-refractivity contribution in [1.82, 2.24) is 10.5 Å². The fourth-order valence-corrected chi connectivity index (χ4v) is 2.62. The van der Waals surface area contributed by atoms with Crippen molar-refractivity contribution in [2.45, 2.75) is 38.5 Å². The van der Waals surface area contributed by atoms with Gasteiger partial charge in [-0.1, -0.05) is 35.5 Å². The van der Waals surface area contributed by atoms with Crippen molar-refractivity contribution in [2.24, 2.45) is 0 Å². The lowest BCUT2D eigenvalue weighted by Crippen LogP contribution is -2.34. The van der Waals surface area contributed by atoms with Crippen LogP contribution in [0.4, 0.5) is 0 Å². The molecule has 1 aromatic carbocycles. The first-order chi connectivity index (χ1) is 9.36. The van der Waals surface area contributed by atoms with Crippen LogP contribution in [0.3, 0.4) is 0 Å². The summed E-state index contributed by atoms with van der Waals surface area (Å²) >= 11 is 0. The van der Waals surface area contributed by atoms with E-state index in [1.54, 1.807) is 0 Å². The Labute approximate surface area is 112 Å². The summed E-state index contributed by atoms with van der Waals surface area (Å²) in [5.74, 6) is 0.946. The van der Waals surface area contributed by atoms with E-state index in [0.717, 1.165) is 37.1 Å². The Kier molecular flexibility index (Phi) is 3.62. The van der Waals surface area contributed by atoms with E-state index in [9.17, 15) is 5.11 Å². The molecule has 0 bridgehead atoms. The van der Waals surface area contributed by atoms with Gasteiger partial charge >= 0.3 is 0 Å². The minimum atomic E-state index is -0.0375. The van der Waals surface area contributed by atoms with Crippen LogP contribution in [0.2, 0.25) is 0 Å². The molecule has 1 atom stereocenters. The predicted molar refractivity (Wildman–Crippen MR) is 71.5 cm³/mol. The van der Waals surface area contributed by atoms with Crippen LogP contribution in [0, 0.1) is 0 Å². The number of rotatable bonds is 4. The number of nitrogens with zero attached hydrogens (tertiary/aromatic N) is 1. The largest absolute Gasteiger partial charge is 0.390 e. The molecule has 2 N–H and O–H groups in total. The van der Waals surface area contributed by atoms with Crippen molar-refractivity contribution < 1.29 is 9.63 Å². The third kappa shape index (κ3) is 2.69. The number of fused-ring (bicyclic) bond motifs is 1. The SMILES string of the molecule is OCc1noc2c1CC(NCc1ccccc1)CC2. The molecule has 4 heteroatoms. The summed E-state index contributed by atoms with van der Waals surface area (Å²) in [4.78, 5) is 0. The molecule has 1 aliphatic carbocycles. The summed E-state index contributed by atoms with van der Waals surface area (Å²) < 4.78 is 5.25. The molecule has 1 aliphatic rings. The van der Waals surface area contributed by atoms with Gasteiger partial charge in [-0.05, 0) is 18.4 Å². The van der Waals surface area contributed by atoms with E-state index in [0.29, 0.717) is 11.7 Å². The molecular formula is C15H18N2O2. The minimum Gasteiger partial charge on any atom is -0.390 e. The third-order valence-electron chi connectivity index (χ3n) is 3.71. The average molecular weight is 258 g/mol. The standard InChI is InChI=1S/C15H18N2O2/c18-10-14-13-8-12(6-7-15(13)19-17-14)16-9-11-4-2-1-3-5-11/h1-5,12,16,18H,6-10H2. The number of aromatic nitrogens is 1. The van der Waals surface area contributed by atoms with Gasteiger partial charge in [0.2, 0.25) is 0 Å². The maximum atomic E-state index is 9.23. The van der Waals surface area contributed by atoms with Crippen molar-refractivity contribution in [3.63, 3.8) is 0 Å². The fraction of sp³-hybridized carbons (Fsp3) is 0.400. The van der Waals surface area contributed by atoms with Gasteiger partial charge in [0.15, 0.2) is 0 Å². The summed E-state index contributed by atoms with van der Waals surface area (Å²) in [7, 11) is 0. The highest BCUT2D eigenvalue weighted by atomic mass is 16.5. The van der Waals surface area contributed by atoms with Crippen molar-refractivity contribution in [3.8, 4) is 0 Å². The molecule has 1 aromatic heterocycles. The Bertz CT molecular complexity index is 523. The van der Waals surface area contributed by atoms with Crippen LogP contribution in [0.25, 0.3) is 0 Å². The van der Waals surface area contributed by atoms with Crippen molar-refractivity contribution in [2.75, 3.05) is 0 Å². The van der Waals surface area contributed by atoms with E-state index in [2.05, 4.69) is 34.7 Å². The van der Waals surface area contributed by atoms with E-state index in [1.807, 2.05) is 6.07 Å². The molecule has 0 aliphatic heterocycles. The number of aliphatic hydroxyl groups excluding tert-OH is 1. The van der Waals surface area contributed by atoms with Crippen LogP contribution in [-0.4, -0.2) is 16.3 Å². The highest BCUT2D eigenvalue weighted by Gasteiger charge is 2.24. The average Bonchev–Trinajstić information content (AvgIpc) is 2.88. The van der Waals surface area contributed by atoms with Crippen LogP contribution in [0.15, 0.2) is 34.9 Å². The third-order valence-corrected chi connectivity index (χ3v) is 3.71. The van der Waals surface area contributed by atoms with E-state index in [4.69, 9.17) is 4.52 Å². The lowest BCUT2D eigenvalue weighted by atomic mass is 9.92. The summed E-state index contributed by atoms with van der Waals surface area (Å²) in [5, 5.41) is 16.7. The molecule has 0 radical (unpaired) electrons. The first-order valence-electron chi connectivity index (χ1n) is 6.71. The van der Waals surface area contributed by atoms with Gasteiger partial charge in [0.05, 0.1) is 6.61 Å². The van der Waals surface area contributed by atoms with E-state index < -0.39 is 0 Å². The van der Waals surface area contributed by atoms with Crippen LogP contribution in [0.5, 0.6) is 0 Å². The van der Waals surface area contributed by atoms with Gasteiger partial charge in [-0.25, -0.2) is 0 Å². The quantitative estimate of drug-likeness (QED) is 0.878. The molecule has 0 spiro atoms. The molecule has 3 rings (SSSR count). The van der Waals surface area contributed by atoms with Gasteiger partial charge in [-0.15, -0.1) is 0 Å². The lowest BCUT2D eigenvalue weighted by Gasteiger charge is -2.22. The zero-order valence-corrected chi connectivity index (χ0v) is 10.8. The molecule has 2 aromatic rings.